The molecule has 1 heterocycles. The first-order valence-electron chi connectivity index (χ1n) is 10.8. The molecule has 1 saturated heterocycles. The van der Waals surface area contributed by atoms with E-state index in [-0.39, 0.29) is 11.8 Å². The molecule has 0 atom stereocenters. The summed E-state index contributed by atoms with van der Waals surface area (Å²) >= 11 is 6.17. The van der Waals surface area contributed by atoms with Crippen LogP contribution in [0.1, 0.15) is 12.0 Å². The van der Waals surface area contributed by atoms with Crippen molar-refractivity contribution in [2.45, 2.75) is 12.8 Å². The molecular weight excluding hydrogens is 446 g/mol. The fraction of sp³-hybridized carbons (Fsp3) is 0.417. The Kier molecular flexibility index (Phi) is 8.79. The second kappa shape index (κ2) is 11.8. The number of ether oxygens (including phenoxy) is 3. The Labute approximate surface area is 199 Å². The van der Waals surface area contributed by atoms with Gasteiger partial charge in [-0.1, -0.05) is 29.8 Å². The third kappa shape index (κ3) is 6.52. The van der Waals surface area contributed by atoms with Crippen LogP contribution < -0.4 is 19.5 Å². The molecule has 0 radical (unpaired) electrons. The number of nitrogens with zero attached hydrogens (tertiary/aromatic N) is 2. The number of nitrogens with one attached hydrogen (secondary N) is 1. The highest BCUT2D eigenvalue weighted by atomic mass is 35.5. The first-order chi connectivity index (χ1) is 15.9. The summed E-state index contributed by atoms with van der Waals surface area (Å²) in [5.41, 5.74) is 1.42. The van der Waals surface area contributed by atoms with Crippen LogP contribution in [0.15, 0.2) is 36.4 Å². The van der Waals surface area contributed by atoms with E-state index in [2.05, 4.69) is 10.2 Å². The second-order valence-corrected chi connectivity index (χ2v) is 8.11. The Bertz CT molecular complexity index is 951. The van der Waals surface area contributed by atoms with Crippen molar-refractivity contribution in [1.29, 1.82) is 0 Å². The maximum absolute atomic E-state index is 12.6. The Morgan fingerprint density at radius 1 is 0.970 bits per heavy atom. The number of amides is 2. The third-order valence-electron chi connectivity index (χ3n) is 5.63. The van der Waals surface area contributed by atoms with Gasteiger partial charge in [0.1, 0.15) is 0 Å². The van der Waals surface area contributed by atoms with E-state index in [1.54, 1.807) is 18.2 Å². The van der Waals surface area contributed by atoms with Gasteiger partial charge >= 0.3 is 0 Å². The lowest BCUT2D eigenvalue weighted by atomic mass is 10.1. The summed E-state index contributed by atoms with van der Waals surface area (Å²) in [5.74, 6) is 1.39. The van der Waals surface area contributed by atoms with E-state index < -0.39 is 0 Å². The van der Waals surface area contributed by atoms with Gasteiger partial charge in [-0.2, -0.15) is 0 Å². The van der Waals surface area contributed by atoms with Crippen molar-refractivity contribution in [3.8, 4) is 17.2 Å². The average molecular weight is 476 g/mol. The molecule has 0 aliphatic carbocycles. The lowest BCUT2D eigenvalue weighted by Gasteiger charge is -2.34. The van der Waals surface area contributed by atoms with E-state index in [0.29, 0.717) is 60.4 Å². The average Bonchev–Trinajstić information content (AvgIpc) is 2.83. The molecule has 2 amide bonds. The molecule has 2 aromatic carbocycles. The molecule has 0 unspecified atom stereocenters. The largest absolute Gasteiger partial charge is 0.493 e. The Morgan fingerprint density at radius 2 is 1.61 bits per heavy atom. The zero-order valence-corrected chi connectivity index (χ0v) is 20.0. The van der Waals surface area contributed by atoms with E-state index in [4.69, 9.17) is 25.8 Å². The van der Waals surface area contributed by atoms with Crippen molar-refractivity contribution in [1.82, 2.24) is 9.80 Å². The molecule has 9 heteroatoms. The fourth-order valence-electron chi connectivity index (χ4n) is 3.77. The molecule has 1 aliphatic rings. The smallest absolute Gasteiger partial charge is 0.227 e. The Morgan fingerprint density at radius 3 is 2.18 bits per heavy atom. The number of benzene rings is 2. The molecule has 1 N–H and O–H groups in total. The zero-order valence-electron chi connectivity index (χ0n) is 19.2. The van der Waals surface area contributed by atoms with Crippen LogP contribution in [0.5, 0.6) is 17.2 Å². The standard InChI is InChI=1S/C24H30ClN3O5/c1-31-20-15-18(16-21(32-2)24(20)33-3)26-22(29)8-9-27-10-12-28(13-11-27)23(30)14-17-6-4-5-7-19(17)25/h4-7,15-16H,8-14H2,1-3H3,(H,26,29). The summed E-state index contributed by atoms with van der Waals surface area (Å²) in [5, 5.41) is 3.50. The number of piperazine rings is 1. The summed E-state index contributed by atoms with van der Waals surface area (Å²) in [6, 6.07) is 10.8. The minimum Gasteiger partial charge on any atom is -0.493 e. The monoisotopic (exact) mass is 475 g/mol. The minimum absolute atomic E-state index is 0.0721. The third-order valence-corrected chi connectivity index (χ3v) is 6.00. The van der Waals surface area contributed by atoms with Crippen LogP contribution >= 0.6 is 11.6 Å². The lowest BCUT2D eigenvalue weighted by Crippen LogP contribution is -2.49. The van der Waals surface area contributed by atoms with Gasteiger partial charge in [0.05, 0.1) is 27.8 Å². The van der Waals surface area contributed by atoms with Crippen LogP contribution in [0.25, 0.3) is 0 Å². The van der Waals surface area contributed by atoms with Crippen LogP contribution in [-0.2, 0) is 16.0 Å². The summed E-state index contributed by atoms with van der Waals surface area (Å²) in [6.45, 7) is 3.34. The molecule has 1 fully saturated rings. The molecule has 33 heavy (non-hydrogen) atoms. The van der Waals surface area contributed by atoms with E-state index in [0.717, 1.165) is 18.7 Å². The van der Waals surface area contributed by atoms with Crippen molar-refractivity contribution < 1.29 is 23.8 Å². The molecule has 8 nitrogen and oxygen atoms in total. The number of halogens is 1. The van der Waals surface area contributed by atoms with Gasteiger partial charge in [-0.3, -0.25) is 14.5 Å². The van der Waals surface area contributed by atoms with Gasteiger partial charge in [0.15, 0.2) is 11.5 Å². The SMILES string of the molecule is COc1cc(NC(=O)CCN2CCN(C(=O)Cc3ccccc3Cl)CC2)cc(OC)c1OC. The van der Waals surface area contributed by atoms with Gasteiger partial charge in [0.25, 0.3) is 0 Å². The van der Waals surface area contributed by atoms with Gasteiger partial charge in [-0.05, 0) is 11.6 Å². The Balaban J connectivity index is 1.46. The normalized spacial score (nSPS) is 14.0. The highest BCUT2D eigenvalue weighted by molar-refractivity contribution is 6.31. The number of methoxy groups -OCH3 is 3. The zero-order chi connectivity index (χ0) is 23.8. The maximum Gasteiger partial charge on any atom is 0.227 e. The summed E-state index contributed by atoms with van der Waals surface area (Å²) in [6.07, 6.45) is 0.640. The van der Waals surface area contributed by atoms with E-state index in [1.807, 2.05) is 23.1 Å². The van der Waals surface area contributed by atoms with E-state index in [9.17, 15) is 9.59 Å². The van der Waals surface area contributed by atoms with Gasteiger partial charge < -0.3 is 24.4 Å². The van der Waals surface area contributed by atoms with Gasteiger partial charge in [0, 0.05) is 62.0 Å². The lowest BCUT2D eigenvalue weighted by molar-refractivity contribution is -0.132. The number of carbonyl (C=O) groups excluding carboxylic acids is 2. The van der Waals surface area contributed by atoms with Crippen LogP contribution in [-0.4, -0.2) is 75.7 Å². The van der Waals surface area contributed by atoms with Gasteiger partial charge in [0.2, 0.25) is 17.6 Å². The van der Waals surface area contributed by atoms with Crippen molar-refractivity contribution in [3.05, 3.63) is 47.0 Å². The number of hydrogen-bond donors (Lipinski definition) is 1. The molecule has 3 rings (SSSR count). The number of anilines is 1. The molecule has 0 saturated carbocycles. The second-order valence-electron chi connectivity index (χ2n) is 7.70. The molecule has 2 aromatic rings. The highest BCUT2D eigenvalue weighted by Gasteiger charge is 2.22. The molecule has 178 valence electrons. The predicted molar refractivity (Wildman–Crippen MR) is 128 cm³/mol. The van der Waals surface area contributed by atoms with Crippen molar-refractivity contribution >= 4 is 29.1 Å². The van der Waals surface area contributed by atoms with Crippen LogP contribution in [0.4, 0.5) is 5.69 Å². The van der Waals surface area contributed by atoms with Crippen LogP contribution in [0.3, 0.4) is 0 Å². The van der Waals surface area contributed by atoms with E-state index >= 15 is 0 Å². The Hall–Kier alpha value is -2.97. The summed E-state index contributed by atoms with van der Waals surface area (Å²) in [7, 11) is 4.59. The summed E-state index contributed by atoms with van der Waals surface area (Å²) in [4.78, 5) is 29.1. The molecule has 0 bridgehead atoms. The van der Waals surface area contributed by atoms with Gasteiger partial charge in [-0.15, -0.1) is 0 Å². The highest BCUT2D eigenvalue weighted by Crippen LogP contribution is 2.39. The fourth-order valence-corrected chi connectivity index (χ4v) is 3.98. The van der Waals surface area contributed by atoms with Crippen molar-refractivity contribution in [2.24, 2.45) is 0 Å². The number of rotatable bonds is 9. The predicted octanol–water partition coefficient (Wildman–Crippen LogP) is 3.08. The first-order valence-corrected chi connectivity index (χ1v) is 11.2. The molecule has 0 spiro atoms. The molecule has 0 aromatic heterocycles. The minimum atomic E-state index is -0.110. The first kappa shape index (κ1) is 24.7. The van der Waals surface area contributed by atoms with Crippen molar-refractivity contribution in [2.75, 3.05) is 59.4 Å². The topological polar surface area (TPSA) is 80.3 Å². The van der Waals surface area contributed by atoms with Crippen molar-refractivity contribution in [3.63, 3.8) is 0 Å². The maximum atomic E-state index is 12.6. The van der Waals surface area contributed by atoms with Gasteiger partial charge in [-0.25, -0.2) is 0 Å². The molecular formula is C24H30ClN3O5. The van der Waals surface area contributed by atoms with Crippen LogP contribution in [0, 0.1) is 0 Å². The van der Waals surface area contributed by atoms with E-state index in [1.165, 1.54) is 21.3 Å². The number of carbonyl (C=O) groups is 2. The quantitative estimate of drug-likeness (QED) is 0.600. The summed E-state index contributed by atoms with van der Waals surface area (Å²) < 4.78 is 16.0. The number of hydrogen-bond acceptors (Lipinski definition) is 6. The molecule has 1 aliphatic heterocycles. The van der Waals surface area contributed by atoms with Crippen LogP contribution in [0.2, 0.25) is 5.02 Å².